The number of fused-ring (bicyclic) bond motifs is 1. The van der Waals surface area contributed by atoms with Crippen LogP contribution in [0.15, 0.2) is 58.2 Å². The van der Waals surface area contributed by atoms with E-state index < -0.39 is 30.0 Å². The van der Waals surface area contributed by atoms with Gasteiger partial charge < -0.3 is 24.7 Å². The SMILES string of the molecule is CN(CC[C@H]1CN(CCCc2cccc3c2n(C)c(=O)n3C2CCC(=O)NC2=O)CCO1)CC1CCC(n2cc(NC(=O)c3coc(-c4ccnc(NCC5CC5)c4)n3)c(C(F)F)n2)CC1. The number of pyridine rings is 1. The lowest BCUT2D eigenvalue weighted by atomic mass is 9.86. The number of aryl methyl sites for hydroxylation is 2. The number of halogens is 2. The van der Waals surface area contributed by atoms with Crippen LogP contribution in [0.1, 0.15) is 104 Å². The maximum absolute atomic E-state index is 14.2. The molecular weight excluding hydrogens is 853 g/mol. The van der Waals surface area contributed by atoms with Gasteiger partial charge in [-0.25, -0.2) is 23.5 Å². The second-order valence-electron chi connectivity index (χ2n) is 18.5. The number of aromatic nitrogens is 6. The van der Waals surface area contributed by atoms with Crippen molar-refractivity contribution in [3.63, 3.8) is 0 Å². The van der Waals surface area contributed by atoms with Crippen molar-refractivity contribution in [1.82, 2.24) is 44.0 Å². The second kappa shape index (κ2) is 20.0. The average molecular weight is 912 g/mol. The summed E-state index contributed by atoms with van der Waals surface area (Å²) in [5.41, 5.74) is 2.44. The Bertz CT molecular complexity index is 2590. The molecule has 2 saturated carbocycles. The van der Waals surface area contributed by atoms with Crippen LogP contribution in [0.3, 0.4) is 0 Å². The standard InChI is InChI=1S/C47H59F2N11O6/c1-56(20-17-34-26-58(21-22-65-34)19-4-6-31-5-3-7-37-42(31)57(2)47(64)60(37)38-14-15-40(61)54-45(38)63)25-30-10-12-33(13-11-30)59-27-35(41(55-59)43(48)49)52-44(62)36-28-66-46(53-36)32-16-18-50-39(23-32)51-24-29-8-9-29/h3,5,7,16,18,23,27-30,33-34,38,43H,4,6,8-15,17,19-22,24-26H2,1-2H3,(H,50,51)(H,52,62)(H,54,61,63)/t30?,33?,34-,38?/m0/s1. The fourth-order valence-electron chi connectivity index (χ4n) is 9.87. The van der Waals surface area contributed by atoms with Crippen LogP contribution < -0.4 is 21.6 Å². The Kier molecular flexibility index (Phi) is 13.7. The number of rotatable bonds is 18. The topological polar surface area (TPSA) is 187 Å². The number of anilines is 2. The van der Waals surface area contributed by atoms with Crippen LogP contribution >= 0.6 is 0 Å². The highest BCUT2D eigenvalue weighted by molar-refractivity contribution is 6.03. The third kappa shape index (κ3) is 10.4. The van der Waals surface area contributed by atoms with E-state index in [4.69, 9.17) is 9.15 Å². The van der Waals surface area contributed by atoms with Crippen LogP contribution in [0.4, 0.5) is 20.3 Å². The Morgan fingerprint density at radius 1 is 1.06 bits per heavy atom. The quantitative estimate of drug-likeness (QED) is 0.0878. The third-order valence-corrected chi connectivity index (χ3v) is 13.7. The first-order chi connectivity index (χ1) is 32.0. The van der Waals surface area contributed by atoms with E-state index in [9.17, 15) is 28.0 Å². The van der Waals surface area contributed by atoms with E-state index in [0.29, 0.717) is 41.8 Å². The number of para-hydroxylation sites is 1. The van der Waals surface area contributed by atoms with Gasteiger partial charge in [-0.3, -0.25) is 38.4 Å². The molecule has 1 unspecified atom stereocenters. The highest BCUT2D eigenvalue weighted by atomic mass is 19.3. The van der Waals surface area contributed by atoms with Crippen molar-refractivity contribution >= 4 is 40.3 Å². The van der Waals surface area contributed by atoms with Gasteiger partial charge in [0.25, 0.3) is 12.3 Å². The summed E-state index contributed by atoms with van der Waals surface area (Å²) in [5.74, 6) is 0.651. The Labute approximate surface area is 381 Å². The van der Waals surface area contributed by atoms with E-state index >= 15 is 0 Å². The predicted molar refractivity (Wildman–Crippen MR) is 242 cm³/mol. The molecule has 0 bridgehead atoms. The third-order valence-electron chi connectivity index (χ3n) is 13.7. The van der Waals surface area contributed by atoms with E-state index in [-0.39, 0.29) is 47.4 Å². The number of imidazole rings is 1. The zero-order valence-electron chi connectivity index (χ0n) is 37.6. The predicted octanol–water partition coefficient (Wildman–Crippen LogP) is 5.96. The lowest BCUT2D eigenvalue weighted by Gasteiger charge is -2.35. The fraction of sp³-hybridized carbons (Fsp3) is 0.553. The first-order valence-corrected chi connectivity index (χ1v) is 23.4. The van der Waals surface area contributed by atoms with Crippen molar-refractivity contribution in [2.45, 2.75) is 95.2 Å². The molecular formula is C47H59F2N11O6. The Morgan fingerprint density at radius 3 is 2.67 bits per heavy atom. The Morgan fingerprint density at radius 2 is 1.88 bits per heavy atom. The second-order valence-corrected chi connectivity index (χ2v) is 18.5. The van der Waals surface area contributed by atoms with Gasteiger partial charge >= 0.3 is 5.69 Å². The minimum absolute atomic E-state index is 0.0292. The van der Waals surface area contributed by atoms with Gasteiger partial charge in [-0.1, -0.05) is 12.1 Å². The van der Waals surface area contributed by atoms with Gasteiger partial charge in [0.1, 0.15) is 18.1 Å². The number of amides is 3. The number of piperidine rings is 1. The summed E-state index contributed by atoms with van der Waals surface area (Å²) in [6, 6.07) is 8.62. The molecule has 66 heavy (non-hydrogen) atoms. The van der Waals surface area contributed by atoms with Crippen LogP contribution in [0, 0.1) is 11.8 Å². The molecule has 2 saturated heterocycles. The lowest BCUT2D eigenvalue weighted by molar-refractivity contribution is -0.135. The van der Waals surface area contributed by atoms with Crippen molar-refractivity contribution in [2.75, 3.05) is 63.6 Å². The van der Waals surface area contributed by atoms with Gasteiger partial charge in [0, 0.05) is 64.1 Å². The molecule has 4 fully saturated rings. The van der Waals surface area contributed by atoms with Crippen LogP contribution in [0.2, 0.25) is 0 Å². The average Bonchev–Trinajstić information content (AvgIpc) is 3.71. The van der Waals surface area contributed by atoms with E-state index in [1.165, 1.54) is 29.9 Å². The fourth-order valence-corrected chi connectivity index (χ4v) is 9.87. The molecule has 2 atom stereocenters. The number of hydrogen-bond donors (Lipinski definition) is 3. The maximum atomic E-state index is 14.2. The first-order valence-electron chi connectivity index (χ1n) is 23.4. The smallest absolute Gasteiger partial charge is 0.329 e. The van der Waals surface area contributed by atoms with Crippen LogP contribution in [-0.2, 0) is 27.8 Å². The number of hydrogen-bond acceptors (Lipinski definition) is 12. The molecule has 2 aliphatic heterocycles. The normalized spacial score (nSPS) is 21.8. The molecule has 3 N–H and O–H groups in total. The lowest BCUT2D eigenvalue weighted by Crippen LogP contribution is -2.44. The minimum Gasteiger partial charge on any atom is -0.444 e. The summed E-state index contributed by atoms with van der Waals surface area (Å²) in [4.78, 5) is 64.5. The molecule has 5 aromatic rings. The molecule has 4 aliphatic rings. The molecule has 19 heteroatoms. The molecule has 6 heterocycles. The highest BCUT2D eigenvalue weighted by Crippen LogP contribution is 2.36. The first kappa shape index (κ1) is 45.4. The number of oxazole rings is 1. The number of nitrogens with one attached hydrogen (secondary N) is 3. The Hall–Kier alpha value is -5.79. The maximum Gasteiger partial charge on any atom is 0.329 e. The molecule has 3 amide bonds. The summed E-state index contributed by atoms with van der Waals surface area (Å²) in [6.45, 7) is 5.96. The van der Waals surface area contributed by atoms with Crippen LogP contribution in [0.5, 0.6) is 0 Å². The van der Waals surface area contributed by atoms with Crippen LogP contribution in [-0.4, -0.2) is 115 Å². The van der Waals surface area contributed by atoms with Gasteiger partial charge in [0.15, 0.2) is 11.4 Å². The summed E-state index contributed by atoms with van der Waals surface area (Å²) < 4.78 is 45.0. The molecule has 0 radical (unpaired) electrons. The summed E-state index contributed by atoms with van der Waals surface area (Å²) in [6.07, 6.45) is 10.6. The molecule has 352 valence electrons. The number of carbonyl (C=O) groups excluding carboxylic acids is 3. The molecule has 2 aliphatic carbocycles. The summed E-state index contributed by atoms with van der Waals surface area (Å²) in [5, 5.41) is 12.5. The van der Waals surface area contributed by atoms with Crippen molar-refractivity contribution in [1.29, 1.82) is 0 Å². The number of nitrogens with zero attached hydrogens (tertiary/aromatic N) is 8. The van der Waals surface area contributed by atoms with E-state index in [1.54, 1.807) is 34.6 Å². The zero-order chi connectivity index (χ0) is 45.9. The zero-order valence-corrected chi connectivity index (χ0v) is 37.6. The van der Waals surface area contributed by atoms with Crippen molar-refractivity contribution in [3.05, 3.63) is 76.4 Å². The van der Waals surface area contributed by atoms with Gasteiger partial charge in [0.2, 0.25) is 17.7 Å². The van der Waals surface area contributed by atoms with Crippen molar-refractivity contribution < 1.29 is 32.3 Å². The van der Waals surface area contributed by atoms with Gasteiger partial charge in [-0.05, 0) is 113 Å². The van der Waals surface area contributed by atoms with Crippen molar-refractivity contribution in [3.8, 4) is 11.5 Å². The highest BCUT2D eigenvalue weighted by Gasteiger charge is 2.32. The number of alkyl halides is 2. The monoisotopic (exact) mass is 911 g/mol. The van der Waals surface area contributed by atoms with E-state index in [1.807, 2.05) is 18.2 Å². The summed E-state index contributed by atoms with van der Waals surface area (Å²) >= 11 is 0. The minimum atomic E-state index is -2.87. The molecule has 1 aromatic carbocycles. The number of morpholine rings is 1. The Balaban J connectivity index is 0.714. The van der Waals surface area contributed by atoms with E-state index in [0.717, 1.165) is 95.3 Å². The molecule has 9 rings (SSSR count). The van der Waals surface area contributed by atoms with Gasteiger partial charge in [-0.2, -0.15) is 5.10 Å². The molecule has 17 nitrogen and oxygen atoms in total. The number of imide groups is 1. The number of carbonyl (C=O) groups is 3. The molecule has 4 aromatic heterocycles. The van der Waals surface area contributed by atoms with Crippen LogP contribution in [0.25, 0.3) is 22.5 Å². The van der Waals surface area contributed by atoms with Gasteiger partial charge in [-0.15, -0.1) is 0 Å². The van der Waals surface area contributed by atoms with Crippen molar-refractivity contribution in [2.24, 2.45) is 18.9 Å². The number of ether oxygens (including phenoxy) is 1. The number of benzene rings is 1. The molecule has 0 spiro atoms. The largest absolute Gasteiger partial charge is 0.444 e. The van der Waals surface area contributed by atoms with Gasteiger partial charge in [0.05, 0.1) is 35.5 Å². The van der Waals surface area contributed by atoms with E-state index in [2.05, 4.69) is 47.9 Å². The summed E-state index contributed by atoms with van der Waals surface area (Å²) in [7, 11) is 3.88.